The second-order valence-electron chi connectivity index (χ2n) is 4.63. The summed E-state index contributed by atoms with van der Waals surface area (Å²) in [5.41, 5.74) is 1.77. The molecule has 0 bridgehead atoms. The van der Waals surface area contributed by atoms with Crippen LogP contribution in [0.4, 0.5) is 0 Å². The van der Waals surface area contributed by atoms with Crippen molar-refractivity contribution in [3.05, 3.63) is 53.9 Å². The van der Waals surface area contributed by atoms with Crippen molar-refractivity contribution in [1.82, 2.24) is 20.4 Å². The fraction of sp³-hybridized carbons (Fsp3) is 0.333. The SMILES string of the molecule is CNCCCNC(=O)c1cnn(Cc2ccccc2)c1. The van der Waals surface area contributed by atoms with Crippen LogP contribution in [0.1, 0.15) is 22.3 Å². The molecule has 1 amide bonds. The molecule has 0 aliphatic heterocycles. The summed E-state index contributed by atoms with van der Waals surface area (Å²) in [5.74, 6) is -0.0691. The Morgan fingerprint density at radius 2 is 2.05 bits per heavy atom. The van der Waals surface area contributed by atoms with E-state index in [1.165, 1.54) is 0 Å². The van der Waals surface area contributed by atoms with Gasteiger partial charge in [-0.1, -0.05) is 30.3 Å². The highest BCUT2D eigenvalue weighted by molar-refractivity contribution is 5.93. The van der Waals surface area contributed by atoms with Crippen molar-refractivity contribution in [3.8, 4) is 0 Å². The Morgan fingerprint density at radius 3 is 2.80 bits per heavy atom. The third-order valence-corrected chi connectivity index (χ3v) is 2.97. The van der Waals surface area contributed by atoms with Crippen LogP contribution in [-0.2, 0) is 6.54 Å². The van der Waals surface area contributed by atoms with Crippen LogP contribution in [0.15, 0.2) is 42.7 Å². The van der Waals surface area contributed by atoms with Gasteiger partial charge < -0.3 is 10.6 Å². The molecule has 0 atom stereocenters. The van der Waals surface area contributed by atoms with E-state index in [1.807, 2.05) is 37.4 Å². The summed E-state index contributed by atoms with van der Waals surface area (Å²) >= 11 is 0. The predicted molar refractivity (Wildman–Crippen MR) is 78.6 cm³/mol. The monoisotopic (exact) mass is 272 g/mol. The molecule has 0 saturated carbocycles. The van der Waals surface area contributed by atoms with Crippen LogP contribution in [0.5, 0.6) is 0 Å². The zero-order chi connectivity index (χ0) is 14.2. The molecular weight excluding hydrogens is 252 g/mol. The largest absolute Gasteiger partial charge is 0.352 e. The van der Waals surface area contributed by atoms with Crippen LogP contribution in [-0.4, -0.2) is 35.8 Å². The molecule has 2 aromatic rings. The third-order valence-electron chi connectivity index (χ3n) is 2.97. The van der Waals surface area contributed by atoms with Crippen LogP contribution >= 0.6 is 0 Å². The molecule has 1 aromatic heterocycles. The lowest BCUT2D eigenvalue weighted by atomic mass is 10.2. The zero-order valence-corrected chi connectivity index (χ0v) is 11.7. The van der Waals surface area contributed by atoms with E-state index in [0.717, 1.165) is 18.5 Å². The van der Waals surface area contributed by atoms with E-state index in [9.17, 15) is 4.79 Å². The number of nitrogens with zero attached hydrogens (tertiary/aromatic N) is 2. The fourth-order valence-corrected chi connectivity index (χ4v) is 1.91. The summed E-state index contributed by atoms with van der Waals surface area (Å²) < 4.78 is 1.78. The van der Waals surface area contributed by atoms with Gasteiger partial charge >= 0.3 is 0 Å². The Hall–Kier alpha value is -2.14. The van der Waals surface area contributed by atoms with E-state index < -0.39 is 0 Å². The maximum atomic E-state index is 11.9. The van der Waals surface area contributed by atoms with E-state index >= 15 is 0 Å². The van der Waals surface area contributed by atoms with Gasteiger partial charge in [-0.05, 0) is 25.6 Å². The molecular formula is C15H20N4O. The van der Waals surface area contributed by atoms with Crippen LogP contribution in [0.2, 0.25) is 0 Å². The molecule has 0 saturated heterocycles. The number of hydrogen-bond acceptors (Lipinski definition) is 3. The lowest BCUT2D eigenvalue weighted by molar-refractivity contribution is 0.0953. The normalized spacial score (nSPS) is 10.4. The number of hydrogen-bond donors (Lipinski definition) is 2. The highest BCUT2D eigenvalue weighted by atomic mass is 16.1. The first-order valence-corrected chi connectivity index (χ1v) is 6.79. The summed E-state index contributed by atoms with van der Waals surface area (Å²) in [6.07, 6.45) is 4.30. The van der Waals surface area contributed by atoms with Crippen molar-refractivity contribution in [3.63, 3.8) is 0 Å². The van der Waals surface area contributed by atoms with Gasteiger partial charge in [0, 0.05) is 12.7 Å². The topological polar surface area (TPSA) is 58.9 Å². The average molecular weight is 272 g/mol. The molecule has 0 radical (unpaired) electrons. The van der Waals surface area contributed by atoms with E-state index in [1.54, 1.807) is 17.1 Å². The second-order valence-corrected chi connectivity index (χ2v) is 4.63. The maximum absolute atomic E-state index is 11.9. The molecule has 0 aliphatic rings. The number of carbonyl (C=O) groups excluding carboxylic acids is 1. The molecule has 0 unspecified atom stereocenters. The van der Waals surface area contributed by atoms with Gasteiger partial charge in [-0.25, -0.2) is 0 Å². The van der Waals surface area contributed by atoms with Crippen molar-refractivity contribution in [2.45, 2.75) is 13.0 Å². The fourth-order valence-electron chi connectivity index (χ4n) is 1.91. The van der Waals surface area contributed by atoms with Gasteiger partial charge in [0.1, 0.15) is 0 Å². The minimum atomic E-state index is -0.0691. The molecule has 0 spiro atoms. The van der Waals surface area contributed by atoms with Gasteiger partial charge in [0.05, 0.1) is 18.3 Å². The average Bonchev–Trinajstić information content (AvgIpc) is 2.93. The number of benzene rings is 1. The molecule has 5 nitrogen and oxygen atoms in total. The summed E-state index contributed by atoms with van der Waals surface area (Å²) in [6, 6.07) is 10.1. The molecule has 106 valence electrons. The first kappa shape index (κ1) is 14.3. The molecule has 0 aliphatic carbocycles. The van der Waals surface area contributed by atoms with E-state index in [0.29, 0.717) is 18.7 Å². The minimum Gasteiger partial charge on any atom is -0.352 e. The van der Waals surface area contributed by atoms with Crippen molar-refractivity contribution in [2.75, 3.05) is 20.1 Å². The maximum Gasteiger partial charge on any atom is 0.254 e. The van der Waals surface area contributed by atoms with Gasteiger partial charge in [-0.2, -0.15) is 5.10 Å². The summed E-state index contributed by atoms with van der Waals surface area (Å²) in [6.45, 7) is 2.24. The number of aromatic nitrogens is 2. The molecule has 1 heterocycles. The van der Waals surface area contributed by atoms with Crippen molar-refractivity contribution < 1.29 is 4.79 Å². The second kappa shape index (κ2) is 7.45. The predicted octanol–water partition coefficient (Wildman–Crippen LogP) is 1.27. The molecule has 1 aromatic carbocycles. The number of nitrogens with one attached hydrogen (secondary N) is 2. The number of rotatable bonds is 7. The standard InChI is InChI=1S/C15H20N4O/c1-16-8-5-9-17-15(20)14-10-18-19(12-14)11-13-6-3-2-4-7-13/h2-4,6-7,10,12,16H,5,8-9,11H2,1H3,(H,17,20). The van der Waals surface area contributed by atoms with E-state index in [4.69, 9.17) is 0 Å². The molecule has 2 rings (SSSR count). The lowest BCUT2D eigenvalue weighted by Gasteiger charge is -2.03. The van der Waals surface area contributed by atoms with E-state index in [-0.39, 0.29) is 5.91 Å². The highest BCUT2D eigenvalue weighted by Crippen LogP contribution is 2.04. The minimum absolute atomic E-state index is 0.0691. The van der Waals surface area contributed by atoms with Crippen LogP contribution in [0, 0.1) is 0 Å². The van der Waals surface area contributed by atoms with Gasteiger partial charge in [0.2, 0.25) is 0 Å². The Balaban J connectivity index is 1.87. The van der Waals surface area contributed by atoms with Crippen LogP contribution < -0.4 is 10.6 Å². The Labute approximate surface area is 119 Å². The smallest absolute Gasteiger partial charge is 0.254 e. The van der Waals surface area contributed by atoms with Gasteiger partial charge in [-0.15, -0.1) is 0 Å². The van der Waals surface area contributed by atoms with Gasteiger partial charge in [0.15, 0.2) is 0 Å². The molecule has 0 fully saturated rings. The summed E-state index contributed by atoms with van der Waals surface area (Å²) in [7, 11) is 1.90. The zero-order valence-electron chi connectivity index (χ0n) is 11.7. The Morgan fingerprint density at radius 1 is 1.25 bits per heavy atom. The van der Waals surface area contributed by atoms with Crippen molar-refractivity contribution in [1.29, 1.82) is 0 Å². The van der Waals surface area contributed by atoms with Crippen LogP contribution in [0.3, 0.4) is 0 Å². The van der Waals surface area contributed by atoms with Crippen molar-refractivity contribution in [2.24, 2.45) is 0 Å². The van der Waals surface area contributed by atoms with Gasteiger partial charge in [-0.3, -0.25) is 9.48 Å². The Bertz CT molecular complexity index is 536. The lowest BCUT2D eigenvalue weighted by Crippen LogP contribution is -2.26. The molecule has 20 heavy (non-hydrogen) atoms. The van der Waals surface area contributed by atoms with Crippen LogP contribution in [0.25, 0.3) is 0 Å². The highest BCUT2D eigenvalue weighted by Gasteiger charge is 2.07. The van der Waals surface area contributed by atoms with E-state index in [2.05, 4.69) is 15.7 Å². The quantitative estimate of drug-likeness (QED) is 0.746. The molecule has 5 heteroatoms. The third kappa shape index (κ3) is 4.20. The number of carbonyl (C=O) groups is 1. The first-order chi connectivity index (χ1) is 9.79. The van der Waals surface area contributed by atoms with Gasteiger partial charge in [0.25, 0.3) is 5.91 Å². The number of amides is 1. The summed E-state index contributed by atoms with van der Waals surface area (Å²) in [4.78, 5) is 11.9. The first-order valence-electron chi connectivity index (χ1n) is 6.79. The Kier molecular flexibility index (Phi) is 5.32. The molecule has 2 N–H and O–H groups in total. The van der Waals surface area contributed by atoms with Crippen molar-refractivity contribution >= 4 is 5.91 Å². The summed E-state index contributed by atoms with van der Waals surface area (Å²) in [5, 5.41) is 10.1.